The lowest BCUT2D eigenvalue weighted by Crippen LogP contribution is -2.40. The van der Waals surface area contributed by atoms with Crippen LogP contribution >= 0.6 is 0 Å². The molecule has 0 aromatic heterocycles. The Bertz CT molecular complexity index is 491. The van der Waals surface area contributed by atoms with Crippen molar-refractivity contribution in [2.75, 3.05) is 32.7 Å². The molecule has 2 unspecified atom stereocenters. The van der Waals surface area contributed by atoms with Crippen LogP contribution in [-0.2, 0) is 0 Å². The zero-order valence-corrected chi connectivity index (χ0v) is 12.9. The summed E-state index contributed by atoms with van der Waals surface area (Å²) in [5, 5.41) is 0. The number of hydrogen-bond donors (Lipinski definition) is 1. The first-order valence-corrected chi connectivity index (χ1v) is 8.13. The molecule has 0 amide bonds. The van der Waals surface area contributed by atoms with Gasteiger partial charge in [0, 0.05) is 31.7 Å². The lowest BCUT2D eigenvalue weighted by Gasteiger charge is -2.33. The van der Waals surface area contributed by atoms with Gasteiger partial charge >= 0.3 is 0 Å². The van der Waals surface area contributed by atoms with Crippen molar-refractivity contribution in [3.63, 3.8) is 0 Å². The van der Waals surface area contributed by atoms with Gasteiger partial charge in [-0.2, -0.15) is 0 Å². The summed E-state index contributed by atoms with van der Waals surface area (Å²) >= 11 is 0. The summed E-state index contributed by atoms with van der Waals surface area (Å²) in [5.74, 6) is -0.161. The molecule has 2 aliphatic heterocycles. The predicted octanol–water partition coefficient (Wildman–Crippen LogP) is 2.30. The lowest BCUT2D eigenvalue weighted by molar-refractivity contribution is 0.175. The van der Waals surface area contributed by atoms with E-state index >= 15 is 0 Å². The van der Waals surface area contributed by atoms with Crippen LogP contribution < -0.4 is 5.73 Å². The Hall–Kier alpha value is -0.970. The highest BCUT2D eigenvalue weighted by Crippen LogP contribution is 2.29. The van der Waals surface area contributed by atoms with Gasteiger partial charge in [-0.1, -0.05) is 6.07 Å². The summed E-state index contributed by atoms with van der Waals surface area (Å²) in [6.45, 7) is 7.17. The number of fused-ring (bicyclic) bond motifs is 1. The van der Waals surface area contributed by atoms with Crippen LogP contribution in [0.3, 0.4) is 0 Å². The van der Waals surface area contributed by atoms with Crippen LogP contribution in [0.25, 0.3) is 0 Å². The van der Waals surface area contributed by atoms with Gasteiger partial charge in [-0.05, 0) is 62.5 Å². The van der Waals surface area contributed by atoms with Crippen LogP contribution in [0.5, 0.6) is 0 Å². The maximum Gasteiger partial charge on any atom is 0.123 e. The summed E-state index contributed by atoms with van der Waals surface area (Å²) in [6.07, 6.45) is 3.78. The third kappa shape index (κ3) is 3.12. The van der Waals surface area contributed by atoms with Gasteiger partial charge in [0.2, 0.25) is 0 Å². The molecule has 0 saturated carbocycles. The largest absolute Gasteiger partial charge is 0.329 e. The first-order chi connectivity index (χ1) is 10.2. The van der Waals surface area contributed by atoms with E-state index in [1.807, 2.05) is 6.07 Å². The van der Waals surface area contributed by atoms with E-state index in [0.717, 1.165) is 24.2 Å². The van der Waals surface area contributed by atoms with Crippen LogP contribution in [0.15, 0.2) is 18.2 Å². The van der Waals surface area contributed by atoms with Gasteiger partial charge in [-0.15, -0.1) is 0 Å². The van der Waals surface area contributed by atoms with E-state index in [1.165, 1.54) is 38.4 Å². The van der Waals surface area contributed by atoms with Crippen LogP contribution in [-0.4, -0.2) is 48.6 Å². The van der Waals surface area contributed by atoms with Gasteiger partial charge in [0.25, 0.3) is 0 Å². The zero-order chi connectivity index (χ0) is 14.8. The van der Waals surface area contributed by atoms with Gasteiger partial charge in [0.1, 0.15) is 5.82 Å². The Morgan fingerprint density at radius 1 is 1.29 bits per heavy atom. The Labute approximate surface area is 126 Å². The number of aryl methyl sites for hydroxylation is 1. The van der Waals surface area contributed by atoms with E-state index in [1.54, 1.807) is 6.07 Å². The van der Waals surface area contributed by atoms with Crippen molar-refractivity contribution in [1.82, 2.24) is 9.80 Å². The third-order valence-electron chi connectivity index (χ3n) is 5.10. The number of hydrogen-bond acceptors (Lipinski definition) is 3. The van der Waals surface area contributed by atoms with Crippen molar-refractivity contribution >= 4 is 0 Å². The molecule has 1 aromatic rings. The number of benzene rings is 1. The molecule has 3 nitrogen and oxygen atoms in total. The number of rotatable bonds is 3. The minimum absolute atomic E-state index is 0.140. The number of halogens is 1. The van der Waals surface area contributed by atoms with Crippen molar-refractivity contribution in [1.29, 1.82) is 0 Å². The first-order valence-electron chi connectivity index (χ1n) is 8.13. The summed E-state index contributed by atoms with van der Waals surface area (Å²) in [4.78, 5) is 5.10. The van der Waals surface area contributed by atoms with Crippen molar-refractivity contribution in [2.45, 2.75) is 38.3 Å². The van der Waals surface area contributed by atoms with Gasteiger partial charge in [-0.3, -0.25) is 9.80 Å². The Morgan fingerprint density at radius 2 is 2.10 bits per heavy atom. The van der Waals surface area contributed by atoms with Crippen molar-refractivity contribution in [2.24, 2.45) is 5.73 Å². The highest BCUT2D eigenvalue weighted by Gasteiger charge is 2.32. The Balaban J connectivity index is 1.83. The summed E-state index contributed by atoms with van der Waals surface area (Å²) in [6, 6.07) is 5.88. The van der Waals surface area contributed by atoms with E-state index in [4.69, 9.17) is 5.73 Å². The molecular weight excluding hydrogens is 265 g/mol. The van der Waals surface area contributed by atoms with E-state index in [2.05, 4.69) is 16.7 Å². The van der Waals surface area contributed by atoms with Gasteiger partial charge in [0.15, 0.2) is 0 Å². The number of nitrogens with two attached hydrogens (primary N) is 1. The Morgan fingerprint density at radius 3 is 2.90 bits per heavy atom. The second-order valence-corrected chi connectivity index (χ2v) is 6.43. The molecule has 3 rings (SSSR count). The summed E-state index contributed by atoms with van der Waals surface area (Å²) in [5.41, 5.74) is 8.26. The average molecular weight is 291 g/mol. The normalized spacial score (nSPS) is 25.6. The molecule has 0 bridgehead atoms. The highest BCUT2D eigenvalue weighted by molar-refractivity contribution is 5.30. The summed E-state index contributed by atoms with van der Waals surface area (Å²) in [7, 11) is 0. The van der Waals surface area contributed by atoms with Crippen LogP contribution in [0.2, 0.25) is 0 Å². The van der Waals surface area contributed by atoms with E-state index in [-0.39, 0.29) is 11.9 Å². The fraction of sp³-hybridized carbons (Fsp3) is 0.647. The number of nitrogens with zero attached hydrogens (tertiary/aromatic N) is 2. The summed E-state index contributed by atoms with van der Waals surface area (Å²) < 4.78 is 13.6. The minimum Gasteiger partial charge on any atom is -0.329 e. The van der Waals surface area contributed by atoms with Crippen molar-refractivity contribution in [3.8, 4) is 0 Å². The van der Waals surface area contributed by atoms with Gasteiger partial charge < -0.3 is 5.73 Å². The minimum atomic E-state index is -0.161. The molecule has 21 heavy (non-hydrogen) atoms. The van der Waals surface area contributed by atoms with Gasteiger partial charge in [-0.25, -0.2) is 4.39 Å². The fourth-order valence-electron chi connectivity index (χ4n) is 3.96. The molecule has 4 heteroatoms. The topological polar surface area (TPSA) is 32.5 Å². The first kappa shape index (κ1) is 14.9. The smallest absolute Gasteiger partial charge is 0.123 e. The molecule has 2 saturated heterocycles. The van der Waals surface area contributed by atoms with Crippen molar-refractivity contribution in [3.05, 3.63) is 35.1 Å². The molecule has 0 spiro atoms. The lowest BCUT2D eigenvalue weighted by atomic mass is 9.99. The quantitative estimate of drug-likeness (QED) is 0.927. The molecule has 0 aliphatic carbocycles. The highest BCUT2D eigenvalue weighted by atomic mass is 19.1. The second-order valence-electron chi connectivity index (χ2n) is 6.43. The third-order valence-corrected chi connectivity index (χ3v) is 5.10. The molecule has 0 radical (unpaired) electrons. The van der Waals surface area contributed by atoms with E-state index in [0.29, 0.717) is 12.6 Å². The predicted molar refractivity (Wildman–Crippen MR) is 83.7 cm³/mol. The molecule has 2 aliphatic rings. The molecule has 2 atom stereocenters. The molecule has 116 valence electrons. The SMILES string of the molecule is Cc1ccc(F)cc1C(CN)N1CCCN2CCCC2C1. The maximum absolute atomic E-state index is 13.6. The zero-order valence-electron chi connectivity index (χ0n) is 12.9. The molecule has 2 fully saturated rings. The molecule has 2 N–H and O–H groups in total. The van der Waals surface area contributed by atoms with Gasteiger partial charge in [0.05, 0.1) is 0 Å². The molecular formula is C17H26FN3. The van der Waals surface area contributed by atoms with Crippen molar-refractivity contribution < 1.29 is 4.39 Å². The van der Waals surface area contributed by atoms with E-state index in [9.17, 15) is 4.39 Å². The van der Waals surface area contributed by atoms with Crippen LogP contribution in [0.4, 0.5) is 4.39 Å². The molecule has 2 heterocycles. The molecule has 1 aromatic carbocycles. The monoisotopic (exact) mass is 291 g/mol. The second kappa shape index (κ2) is 6.42. The Kier molecular flexibility index (Phi) is 4.57. The van der Waals surface area contributed by atoms with Crippen LogP contribution in [0.1, 0.15) is 36.4 Å². The standard InChI is InChI=1S/C17H26FN3/c1-13-5-6-14(18)10-16(13)17(11-19)21-9-3-8-20-7-2-4-15(20)12-21/h5-6,10,15,17H,2-4,7-9,11-12,19H2,1H3. The fourth-order valence-corrected chi connectivity index (χ4v) is 3.96. The van der Waals surface area contributed by atoms with E-state index < -0.39 is 0 Å². The average Bonchev–Trinajstić information content (AvgIpc) is 2.81. The van der Waals surface area contributed by atoms with Crippen LogP contribution in [0, 0.1) is 12.7 Å². The maximum atomic E-state index is 13.6.